The van der Waals surface area contributed by atoms with E-state index in [4.69, 9.17) is 4.42 Å². The lowest BCUT2D eigenvalue weighted by atomic mass is 9.67. The standard InChI is InChI=1S/C47H33NO/c1-3-17-33(18-4-1)47(41-25-11-9-22-37(41)38-23-10-12-26-42(38)47)34-29-30-39-40-24-14-28-44(46(40)49-45(39)31-34)48(35-19-5-2-6-20-35)43-27-13-16-32-15-7-8-21-36(32)43/h1-19,21-31,35H,20H2. The van der Waals surface area contributed by atoms with Crippen LogP contribution in [0.15, 0.2) is 186 Å². The zero-order valence-corrected chi connectivity index (χ0v) is 27.0. The van der Waals surface area contributed by atoms with E-state index in [1.165, 1.54) is 49.8 Å². The van der Waals surface area contributed by atoms with Crippen molar-refractivity contribution in [3.63, 3.8) is 0 Å². The average molecular weight is 628 g/mol. The van der Waals surface area contributed by atoms with Crippen molar-refractivity contribution in [2.24, 2.45) is 0 Å². The summed E-state index contributed by atoms with van der Waals surface area (Å²) in [5.41, 5.74) is 11.2. The third-order valence-corrected chi connectivity index (χ3v) is 10.6. The quantitative estimate of drug-likeness (QED) is 0.189. The van der Waals surface area contributed by atoms with Crippen LogP contribution in [0.4, 0.5) is 11.4 Å². The van der Waals surface area contributed by atoms with Crippen molar-refractivity contribution in [2.45, 2.75) is 17.9 Å². The van der Waals surface area contributed by atoms with Crippen molar-refractivity contribution in [2.75, 3.05) is 4.90 Å². The highest BCUT2D eigenvalue weighted by Crippen LogP contribution is 2.56. The predicted molar refractivity (Wildman–Crippen MR) is 204 cm³/mol. The first-order valence-electron chi connectivity index (χ1n) is 17.1. The highest BCUT2D eigenvalue weighted by molar-refractivity contribution is 6.11. The van der Waals surface area contributed by atoms with Gasteiger partial charge in [0.05, 0.1) is 17.1 Å². The van der Waals surface area contributed by atoms with Gasteiger partial charge in [0, 0.05) is 21.8 Å². The molecular formula is C47H33NO. The molecule has 0 fully saturated rings. The Labute approximate surface area is 285 Å². The zero-order chi connectivity index (χ0) is 32.4. The lowest BCUT2D eigenvalue weighted by Crippen LogP contribution is -2.30. The number of hydrogen-bond donors (Lipinski definition) is 0. The Balaban J connectivity index is 1.23. The summed E-state index contributed by atoms with van der Waals surface area (Å²) in [5, 5.41) is 4.71. The molecule has 2 nitrogen and oxygen atoms in total. The smallest absolute Gasteiger partial charge is 0.159 e. The summed E-state index contributed by atoms with van der Waals surface area (Å²) in [6.07, 6.45) is 9.79. The fraction of sp³-hybridized carbons (Fsp3) is 0.0638. The van der Waals surface area contributed by atoms with Gasteiger partial charge in [-0.1, -0.05) is 164 Å². The van der Waals surface area contributed by atoms with Crippen molar-refractivity contribution >= 4 is 44.1 Å². The maximum Gasteiger partial charge on any atom is 0.159 e. The van der Waals surface area contributed by atoms with Crippen LogP contribution in [0.25, 0.3) is 43.8 Å². The van der Waals surface area contributed by atoms with E-state index in [1.807, 2.05) is 0 Å². The number of anilines is 2. The van der Waals surface area contributed by atoms with E-state index in [2.05, 4.69) is 187 Å². The van der Waals surface area contributed by atoms with E-state index in [9.17, 15) is 0 Å². The lowest BCUT2D eigenvalue weighted by Gasteiger charge is -2.33. The summed E-state index contributed by atoms with van der Waals surface area (Å²) >= 11 is 0. The SMILES string of the molecule is C1=CCC(N(c2cccc3ccccc23)c2cccc3c2oc2cc(C4(c5ccccc5)c5ccccc5-c5ccccc54)ccc23)C=C1. The number of furan rings is 1. The van der Waals surface area contributed by atoms with Gasteiger partial charge in [-0.15, -0.1) is 0 Å². The summed E-state index contributed by atoms with van der Waals surface area (Å²) in [6, 6.07) is 57.7. The van der Waals surface area contributed by atoms with Crippen LogP contribution < -0.4 is 4.90 Å². The van der Waals surface area contributed by atoms with Crippen LogP contribution in [-0.4, -0.2) is 6.04 Å². The summed E-state index contributed by atoms with van der Waals surface area (Å²) in [6.45, 7) is 0. The van der Waals surface area contributed by atoms with Crippen molar-refractivity contribution < 1.29 is 4.42 Å². The fourth-order valence-electron chi connectivity index (χ4n) is 8.58. The van der Waals surface area contributed by atoms with Crippen LogP contribution in [0, 0.1) is 0 Å². The van der Waals surface area contributed by atoms with Gasteiger partial charge < -0.3 is 9.32 Å². The Hall–Kier alpha value is -6.12. The number of nitrogens with zero attached hydrogens (tertiary/aromatic N) is 1. The number of allylic oxidation sites excluding steroid dienone is 2. The number of hydrogen-bond acceptors (Lipinski definition) is 2. The van der Waals surface area contributed by atoms with Gasteiger partial charge in [0.25, 0.3) is 0 Å². The monoisotopic (exact) mass is 627 g/mol. The Bertz CT molecular complexity index is 2560. The summed E-state index contributed by atoms with van der Waals surface area (Å²) < 4.78 is 7.06. The first-order valence-corrected chi connectivity index (χ1v) is 17.1. The molecule has 0 saturated carbocycles. The molecule has 0 radical (unpaired) electrons. The molecule has 0 aliphatic heterocycles. The second-order valence-corrected chi connectivity index (χ2v) is 13.2. The van der Waals surface area contributed by atoms with Gasteiger partial charge in [-0.2, -0.15) is 0 Å². The first kappa shape index (κ1) is 27.9. The van der Waals surface area contributed by atoms with E-state index in [1.54, 1.807) is 0 Å². The molecule has 0 saturated heterocycles. The molecule has 0 spiro atoms. The molecule has 0 amide bonds. The van der Waals surface area contributed by atoms with Crippen LogP contribution in [0.2, 0.25) is 0 Å². The third-order valence-electron chi connectivity index (χ3n) is 10.6. The van der Waals surface area contributed by atoms with Gasteiger partial charge >= 0.3 is 0 Å². The molecule has 2 heteroatoms. The van der Waals surface area contributed by atoms with Gasteiger partial charge in [-0.05, 0) is 63.4 Å². The molecule has 1 atom stereocenters. The number of fused-ring (bicyclic) bond motifs is 7. The van der Waals surface area contributed by atoms with Gasteiger partial charge in [0.15, 0.2) is 5.58 Å². The largest absolute Gasteiger partial charge is 0.454 e. The van der Waals surface area contributed by atoms with E-state index < -0.39 is 5.41 Å². The molecule has 1 unspecified atom stereocenters. The molecule has 2 aliphatic rings. The van der Waals surface area contributed by atoms with E-state index in [0.717, 1.165) is 34.0 Å². The molecule has 8 aromatic rings. The maximum absolute atomic E-state index is 7.06. The second kappa shape index (κ2) is 11.0. The van der Waals surface area contributed by atoms with E-state index >= 15 is 0 Å². The normalized spacial score (nSPS) is 15.9. The van der Waals surface area contributed by atoms with Crippen molar-refractivity contribution in [1.29, 1.82) is 0 Å². The molecule has 2 aliphatic carbocycles. The van der Waals surface area contributed by atoms with Crippen molar-refractivity contribution in [1.82, 2.24) is 0 Å². The third kappa shape index (κ3) is 4.07. The van der Waals surface area contributed by atoms with Crippen molar-refractivity contribution in [3.8, 4) is 11.1 Å². The molecule has 49 heavy (non-hydrogen) atoms. The zero-order valence-electron chi connectivity index (χ0n) is 27.0. The molecule has 0 bridgehead atoms. The second-order valence-electron chi connectivity index (χ2n) is 13.2. The highest BCUT2D eigenvalue weighted by atomic mass is 16.3. The minimum absolute atomic E-state index is 0.151. The molecule has 1 aromatic heterocycles. The van der Waals surface area contributed by atoms with Crippen LogP contribution in [0.1, 0.15) is 28.7 Å². The highest BCUT2D eigenvalue weighted by Gasteiger charge is 2.46. The Morgan fingerprint density at radius 2 is 1.20 bits per heavy atom. The van der Waals surface area contributed by atoms with E-state index in [-0.39, 0.29) is 6.04 Å². The average Bonchev–Trinajstić information content (AvgIpc) is 3.70. The predicted octanol–water partition coefficient (Wildman–Crippen LogP) is 12.1. The Morgan fingerprint density at radius 1 is 0.531 bits per heavy atom. The van der Waals surface area contributed by atoms with Crippen LogP contribution in [-0.2, 0) is 5.41 Å². The topological polar surface area (TPSA) is 16.4 Å². The van der Waals surface area contributed by atoms with Gasteiger partial charge in [0.2, 0.25) is 0 Å². The van der Waals surface area contributed by atoms with Crippen LogP contribution in [0.5, 0.6) is 0 Å². The molecule has 10 rings (SSSR count). The Kier molecular flexibility index (Phi) is 6.25. The molecular weight excluding hydrogens is 595 g/mol. The molecule has 7 aromatic carbocycles. The van der Waals surface area contributed by atoms with Crippen LogP contribution >= 0.6 is 0 Å². The maximum atomic E-state index is 7.06. The minimum Gasteiger partial charge on any atom is -0.454 e. The lowest BCUT2D eigenvalue weighted by molar-refractivity contribution is 0.661. The summed E-state index contributed by atoms with van der Waals surface area (Å²) in [4.78, 5) is 2.48. The van der Waals surface area contributed by atoms with Gasteiger partial charge in [-0.3, -0.25) is 0 Å². The Morgan fingerprint density at radius 3 is 2.00 bits per heavy atom. The number of para-hydroxylation sites is 1. The summed E-state index contributed by atoms with van der Waals surface area (Å²) in [7, 11) is 0. The van der Waals surface area contributed by atoms with Crippen molar-refractivity contribution in [3.05, 3.63) is 204 Å². The molecule has 0 N–H and O–H groups in total. The fourth-order valence-corrected chi connectivity index (χ4v) is 8.58. The van der Waals surface area contributed by atoms with Gasteiger partial charge in [0.1, 0.15) is 5.58 Å². The number of benzene rings is 7. The van der Waals surface area contributed by atoms with Crippen LogP contribution in [0.3, 0.4) is 0 Å². The van der Waals surface area contributed by atoms with Gasteiger partial charge in [-0.25, -0.2) is 0 Å². The molecule has 1 heterocycles. The summed E-state index contributed by atoms with van der Waals surface area (Å²) in [5.74, 6) is 0. The minimum atomic E-state index is -0.474. The first-order chi connectivity index (χ1) is 24.3. The number of rotatable bonds is 5. The van der Waals surface area contributed by atoms with E-state index in [0.29, 0.717) is 0 Å². The molecule has 232 valence electrons.